The second kappa shape index (κ2) is 9.41. The maximum Gasteiger partial charge on any atom is 0.261 e. The highest BCUT2D eigenvalue weighted by Gasteiger charge is 2.22. The summed E-state index contributed by atoms with van der Waals surface area (Å²) in [5.74, 6) is -0.174. The van der Waals surface area contributed by atoms with E-state index in [1.165, 1.54) is 24.3 Å². The van der Waals surface area contributed by atoms with E-state index >= 15 is 0 Å². The first kappa shape index (κ1) is 23.9. The number of nitrogens with one attached hydrogen (secondary N) is 1. The third kappa shape index (κ3) is 6.22. The van der Waals surface area contributed by atoms with Gasteiger partial charge in [0.05, 0.1) is 4.90 Å². The van der Waals surface area contributed by atoms with Crippen molar-refractivity contribution in [2.45, 2.75) is 25.7 Å². The number of hydrogen-bond donors (Lipinski definition) is 2. The molecule has 0 aliphatic heterocycles. The summed E-state index contributed by atoms with van der Waals surface area (Å²) in [6.45, 7) is 6.88. The van der Waals surface area contributed by atoms with Crippen LogP contribution >= 0.6 is 12.4 Å². The number of sulfonamides is 1. The lowest BCUT2D eigenvalue weighted by atomic mass is 9.93. The molecule has 2 aromatic rings. The normalized spacial score (nSPS) is 11.5. The zero-order valence-corrected chi connectivity index (χ0v) is 18.2. The van der Waals surface area contributed by atoms with Gasteiger partial charge >= 0.3 is 0 Å². The Morgan fingerprint density at radius 3 is 2.11 bits per heavy atom. The summed E-state index contributed by atoms with van der Waals surface area (Å²) >= 11 is 0. The molecule has 154 valence electrons. The number of carbonyl (C=O) groups excluding carboxylic acids is 1. The van der Waals surface area contributed by atoms with Crippen LogP contribution in [0.2, 0.25) is 0 Å². The second-order valence-electron chi connectivity index (χ2n) is 7.53. The summed E-state index contributed by atoms with van der Waals surface area (Å²) in [4.78, 5) is 14.2. The average Bonchev–Trinajstić information content (AvgIpc) is 2.62. The smallest absolute Gasteiger partial charge is 0.261 e. The van der Waals surface area contributed by atoms with Crippen molar-refractivity contribution in [3.05, 3.63) is 59.7 Å². The molecule has 0 aliphatic carbocycles. The summed E-state index contributed by atoms with van der Waals surface area (Å²) in [7, 11) is -2.00. The molecular weight excluding hydrogens is 398 g/mol. The lowest BCUT2D eigenvalue weighted by molar-refractivity contribution is 0.0740. The van der Waals surface area contributed by atoms with Crippen LogP contribution in [0.1, 0.15) is 29.8 Å². The van der Waals surface area contributed by atoms with E-state index in [0.717, 1.165) is 5.56 Å². The Balaban J connectivity index is 0.00000392. The largest absolute Gasteiger partial charge is 0.341 e. The molecule has 0 spiro atoms. The highest BCUT2D eigenvalue weighted by molar-refractivity contribution is 7.92. The molecule has 8 heteroatoms. The number of halogens is 1. The maximum atomic E-state index is 12.5. The number of amides is 1. The molecule has 0 aromatic heterocycles. The van der Waals surface area contributed by atoms with Crippen molar-refractivity contribution in [2.75, 3.05) is 24.9 Å². The van der Waals surface area contributed by atoms with Gasteiger partial charge < -0.3 is 10.6 Å². The lowest BCUT2D eigenvalue weighted by Crippen LogP contribution is -2.39. The van der Waals surface area contributed by atoms with Gasteiger partial charge in [-0.3, -0.25) is 9.52 Å². The van der Waals surface area contributed by atoms with Gasteiger partial charge in [-0.05, 0) is 55.3 Å². The standard InChI is InChI=1S/C20H27N3O3S.ClH/c1-15-5-9-17(10-6-15)22-27(25,26)18-11-7-16(8-12-18)19(24)23(4)14-20(2,3)13-21;/h5-12,22H,13-14,21H2,1-4H3;1H. The van der Waals surface area contributed by atoms with Crippen LogP contribution in [0.3, 0.4) is 0 Å². The Bertz CT molecular complexity index is 895. The predicted molar refractivity (Wildman–Crippen MR) is 115 cm³/mol. The van der Waals surface area contributed by atoms with Crippen molar-refractivity contribution in [1.29, 1.82) is 0 Å². The van der Waals surface area contributed by atoms with E-state index in [9.17, 15) is 13.2 Å². The van der Waals surface area contributed by atoms with E-state index in [4.69, 9.17) is 5.73 Å². The molecule has 0 unspecified atom stereocenters. The minimum Gasteiger partial charge on any atom is -0.341 e. The molecule has 0 saturated heterocycles. The zero-order valence-electron chi connectivity index (χ0n) is 16.6. The van der Waals surface area contributed by atoms with Gasteiger partial charge in [0.2, 0.25) is 0 Å². The van der Waals surface area contributed by atoms with Crippen LogP contribution in [-0.4, -0.2) is 39.4 Å². The van der Waals surface area contributed by atoms with Gasteiger partial charge in [0.25, 0.3) is 15.9 Å². The van der Waals surface area contributed by atoms with Crippen molar-refractivity contribution < 1.29 is 13.2 Å². The van der Waals surface area contributed by atoms with Crippen LogP contribution in [0.5, 0.6) is 0 Å². The molecule has 0 atom stereocenters. The van der Waals surface area contributed by atoms with E-state index in [1.54, 1.807) is 24.1 Å². The number of nitrogens with two attached hydrogens (primary N) is 1. The molecule has 6 nitrogen and oxygen atoms in total. The van der Waals surface area contributed by atoms with E-state index < -0.39 is 10.0 Å². The molecule has 0 fully saturated rings. The fourth-order valence-electron chi connectivity index (χ4n) is 2.61. The number of aryl methyl sites for hydroxylation is 1. The Morgan fingerprint density at radius 1 is 1.07 bits per heavy atom. The van der Waals surface area contributed by atoms with Gasteiger partial charge in [0.15, 0.2) is 0 Å². The molecule has 0 bridgehead atoms. The van der Waals surface area contributed by atoms with Gasteiger partial charge in [0, 0.05) is 24.8 Å². The molecule has 3 N–H and O–H groups in total. The monoisotopic (exact) mass is 425 g/mol. The van der Waals surface area contributed by atoms with Crippen LogP contribution in [0.15, 0.2) is 53.4 Å². The number of rotatable bonds is 7. The van der Waals surface area contributed by atoms with Crippen molar-refractivity contribution in [2.24, 2.45) is 11.1 Å². The Morgan fingerprint density at radius 2 is 1.61 bits per heavy atom. The SMILES string of the molecule is Cc1ccc(NS(=O)(=O)c2ccc(C(=O)N(C)CC(C)(C)CN)cc2)cc1.Cl. The number of benzene rings is 2. The summed E-state index contributed by atoms with van der Waals surface area (Å²) in [6, 6.07) is 13.0. The van der Waals surface area contributed by atoms with Crippen molar-refractivity contribution in [3.63, 3.8) is 0 Å². The van der Waals surface area contributed by atoms with Crippen LogP contribution in [-0.2, 0) is 10.0 Å². The highest BCUT2D eigenvalue weighted by atomic mass is 35.5. The Labute approximate surface area is 173 Å². The highest BCUT2D eigenvalue weighted by Crippen LogP contribution is 2.19. The first-order chi connectivity index (χ1) is 12.5. The molecule has 2 rings (SSSR count). The summed E-state index contributed by atoms with van der Waals surface area (Å²) < 4.78 is 27.6. The molecule has 0 aliphatic rings. The molecule has 1 amide bonds. The van der Waals surface area contributed by atoms with Crippen molar-refractivity contribution in [3.8, 4) is 0 Å². The Hall–Kier alpha value is -2.09. The first-order valence-electron chi connectivity index (χ1n) is 8.69. The van der Waals surface area contributed by atoms with E-state index in [-0.39, 0.29) is 28.6 Å². The molecule has 0 saturated carbocycles. The van der Waals surface area contributed by atoms with E-state index in [1.807, 2.05) is 32.9 Å². The molecule has 0 heterocycles. The molecular formula is C20H28ClN3O3S. The average molecular weight is 426 g/mol. The van der Waals surface area contributed by atoms with Gasteiger partial charge in [-0.1, -0.05) is 31.5 Å². The van der Waals surface area contributed by atoms with Gasteiger partial charge in [-0.2, -0.15) is 0 Å². The molecule has 28 heavy (non-hydrogen) atoms. The van der Waals surface area contributed by atoms with Crippen LogP contribution in [0.4, 0.5) is 5.69 Å². The van der Waals surface area contributed by atoms with E-state index in [0.29, 0.717) is 24.3 Å². The number of nitrogens with zero attached hydrogens (tertiary/aromatic N) is 1. The Kier molecular flexibility index (Phi) is 8.05. The molecule has 2 aromatic carbocycles. The van der Waals surface area contributed by atoms with E-state index in [2.05, 4.69) is 4.72 Å². The van der Waals surface area contributed by atoms with Crippen molar-refractivity contribution in [1.82, 2.24) is 4.90 Å². The third-order valence-corrected chi connectivity index (χ3v) is 5.68. The van der Waals surface area contributed by atoms with Crippen LogP contribution in [0, 0.1) is 12.3 Å². The van der Waals surface area contributed by atoms with Gasteiger partial charge in [-0.25, -0.2) is 8.42 Å². The summed E-state index contributed by atoms with van der Waals surface area (Å²) in [5, 5.41) is 0. The third-order valence-electron chi connectivity index (χ3n) is 4.28. The van der Waals surface area contributed by atoms with Crippen LogP contribution < -0.4 is 10.5 Å². The summed E-state index contributed by atoms with van der Waals surface area (Å²) in [5.41, 5.74) is 7.50. The number of carbonyl (C=O) groups is 1. The second-order valence-corrected chi connectivity index (χ2v) is 9.21. The zero-order chi connectivity index (χ0) is 20.2. The number of anilines is 1. The minimum absolute atomic E-state index is 0. The summed E-state index contributed by atoms with van der Waals surface area (Å²) in [6.07, 6.45) is 0. The van der Waals surface area contributed by atoms with Crippen LogP contribution in [0.25, 0.3) is 0 Å². The minimum atomic E-state index is -3.71. The maximum absolute atomic E-state index is 12.5. The fourth-order valence-corrected chi connectivity index (χ4v) is 3.67. The van der Waals surface area contributed by atoms with Crippen molar-refractivity contribution >= 4 is 34.0 Å². The first-order valence-corrected chi connectivity index (χ1v) is 10.2. The predicted octanol–water partition coefficient (Wildman–Crippen LogP) is 3.27. The molecule has 0 radical (unpaired) electrons. The van der Waals surface area contributed by atoms with Gasteiger partial charge in [0.1, 0.15) is 0 Å². The topological polar surface area (TPSA) is 92.5 Å². The quantitative estimate of drug-likeness (QED) is 0.711. The number of hydrogen-bond acceptors (Lipinski definition) is 4. The lowest BCUT2D eigenvalue weighted by Gasteiger charge is -2.29. The van der Waals surface area contributed by atoms with Gasteiger partial charge in [-0.15, -0.1) is 12.4 Å². The fraction of sp³-hybridized carbons (Fsp3) is 0.350.